The first-order valence-electron chi connectivity index (χ1n) is 17.9. The predicted molar refractivity (Wildman–Crippen MR) is 210 cm³/mol. The van der Waals surface area contributed by atoms with Crippen LogP contribution >= 0.6 is 0 Å². The van der Waals surface area contributed by atoms with Crippen molar-refractivity contribution in [1.82, 2.24) is 14.5 Å². The van der Waals surface area contributed by atoms with Crippen molar-refractivity contribution in [3.63, 3.8) is 0 Å². The third-order valence-electron chi connectivity index (χ3n) is 10.2. The van der Waals surface area contributed by atoms with Crippen LogP contribution in [0, 0.1) is 13.8 Å². The first-order chi connectivity index (χ1) is 24.4. The van der Waals surface area contributed by atoms with Crippen LogP contribution < -0.4 is 14.5 Å². The fourth-order valence-corrected chi connectivity index (χ4v) is 7.58. The molecular weight excluding hydrogens is 627 g/mol. The van der Waals surface area contributed by atoms with Gasteiger partial charge in [0.1, 0.15) is 23.0 Å². The number of rotatable bonds is 5. The molecule has 6 nitrogen and oxygen atoms in total. The van der Waals surface area contributed by atoms with E-state index in [9.17, 15) is 0 Å². The summed E-state index contributed by atoms with van der Waals surface area (Å²) in [6, 6.07) is 36.5. The third-order valence-corrected chi connectivity index (χ3v) is 10.2. The van der Waals surface area contributed by atoms with Gasteiger partial charge in [-0.1, -0.05) is 65.8 Å². The molecule has 4 heterocycles. The van der Waals surface area contributed by atoms with Crippen LogP contribution in [0.15, 0.2) is 116 Å². The number of fused-ring (bicyclic) bond motifs is 4. The van der Waals surface area contributed by atoms with Crippen molar-refractivity contribution in [2.75, 3.05) is 11.6 Å². The summed E-state index contributed by atoms with van der Waals surface area (Å²) in [6.07, 6.45) is 3.80. The van der Waals surface area contributed by atoms with E-state index >= 15 is 0 Å². The zero-order valence-electron chi connectivity index (χ0n) is 30.9. The molecule has 1 aliphatic heterocycles. The molecular formula is C45H46N5O+. The van der Waals surface area contributed by atoms with Crippen molar-refractivity contribution in [3.05, 3.63) is 138 Å². The second kappa shape index (κ2) is 12.1. The van der Waals surface area contributed by atoms with Crippen molar-refractivity contribution in [3.8, 4) is 17.3 Å². The molecule has 0 saturated heterocycles. The van der Waals surface area contributed by atoms with Crippen LogP contribution in [0.3, 0.4) is 0 Å². The number of hydrogen-bond donors (Lipinski definition) is 1. The van der Waals surface area contributed by atoms with Gasteiger partial charge in [0, 0.05) is 52.5 Å². The molecule has 0 bridgehead atoms. The van der Waals surface area contributed by atoms with E-state index < -0.39 is 0 Å². The van der Waals surface area contributed by atoms with Crippen LogP contribution in [-0.4, -0.2) is 21.2 Å². The highest BCUT2D eigenvalue weighted by Crippen LogP contribution is 2.39. The highest BCUT2D eigenvalue weighted by Gasteiger charge is 2.36. The van der Waals surface area contributed by atoms with Crippen LogP contribution in [0.4, 0.5) is 22.9 Å². The summed E-state index contributed by atoms with van der Waals surface area (Å²) in [7, 11) is 0. The molecule has 51 heavy (non-hydrogen) atoms. The van der Waals surface area contributed by atoms with E-state index in [1.165, 1.54) is 49.3 Å². The molecule has 1 atom stereocenters. The Morgan fingerprint density at radius 1 is 0.627 bits per heavy atom. The number of benzene rings is 4. The Balaban J connectivity index is 1.15. The van der Waals surface area contributed by atoms with Crippen LogP contribution in [0.5, 0.6) is 11.5 Å². The second-order valence-corrected chi connectivity index (χ2v) is 16.0. The van der Waals surface area contributed by atoms with Gasteiger partial charge in [-0.05, 0) is 96.5 Å². The minimum Gasteiger partial charge on any atom is -0.457 e. The summed E-state index contributed by atoms with van der Waals surface area (Å²) in [4.78, 5) is 13.4. The fourth-order valence-electron chi connectivity index (χ4n) is 7.58. The first kappa shape index (κ1) is 32.7. The molecule has 0 radical (unpaired) electrons. The molecule has 3 aromatic heterocycles. The zero-order chi connectivity index (χ0) is 35.7. The number of ether oxygens (including phenoxy) is 1. The lowest BCUT2D eigenvalue weighted by Crippen LogP contribution is -3.02. The smallest absolute Gasteiger partial charge is 0.200 e. The molecule has 8 rings (SSSR count). The molecule has 1 unspecified atom stereocenters. The predicted octanol–water partition coefficient (Wildman–Crippen LogP) is 10.5. The summed E-state index contributed by atoms with van der Waals surface area (Å²) in [5.41, 5.74) is 11.0. The van der Waals surface area contributed by atoms with Crippen LogP contribution in [-0.2, 0) is 10.8 Å². The molecule has 0 saturated carbocycles. The number of anilines is 2. The lowest BCUT2D eigenvalue weighted by molar-refractivity contribution is -0.752. The standard InChI is InChI=1S/C45H45N5O/c1-29-23-32(45(6,7)8)24-30(2)42(29)49-28-48(43-39(49)17-12-21-47-43)33-13-11-14-34(26-33)51-35-18-19-37-36-15-9-10-16-38(36)50(40(37)27-35)41-25-31(20-22-46-41)44(3,4)5/h9-27H,28H2,1-8H3/p+1. The van der Waals surface area contributed by atoms with Crippen molar-refractivity contribution >= 4 is 44.7 Å². The van der Waals surface area contributed by atoms with Gasteiger partial charge >= 0.3 is 0 Å². The molecule has 1 aliphatic rings. The van der Waals surface area contributed by atoms with E-state index in [-0.39, 0.29) is 10.8 Å². The molecule has 7 aromatic rings. The number of pyridine rings is 2. The highest BCUT2D eigenvalue weighted by molar-refractivity contribution is 6.09. The number of aromatic nitrogens is 3. The third kappa shape index (κ3) is 5.83. The van der Waals surface area contributed by atoms with Gasteiger partial charge in [0.2, 0.25) is 0 Å². The van der Waals surface area contributed by atoms with Gasteiger partial charge in [0.25, 0.3) is 0 Å². The summed E-state index contributed by atoms with van der Waals surface area (Å²) in [5.74, 6) is 3.42. The van der Waals surface area contributed by atoms with E-state index in [1.54, 1.807) is 0 Å². The van der Waals surface area contributed by atoms with E-state index in [0.29, 0.717) is 0 Å². The van der Waals surface area contributed by atoms with Gasteiger partial charge in [0.15, 0.2) is 18.2 Å². The van der Waals surface area contributed by atoms with E-state index in [2.05, 4.69) is 156 Å². The van der Waals surface area contributed by atoms with Gasteiger partial charge in [-0.25, -0.2) is 14.9 Å². The fraction of sp³-hybridized carbons (Fsp3) is 0.244. The minimum absolute atomic E-state index is 0.00811. The molecule has 0 amide bonds. The lowest BCUT2D eigenvalue weighted by atomic mass is 9.84. The summed E-state index contributed by atoms with van der Waals surface area (Å²) >= 11 is 0. The van der Waals surface area contributed by atoms with Gasteiger partial charge in [-0.15, -0.1) is 0 Å². The van der Waals surface area contributed by atoms with E-state index in [4.69, 9.17) is 14.7 Å². The summed E-state index contributed by atoms with van der Waals surface area (Å²) in [6.45, 7) is 18.8. The Kier molecular flexibility index (Phi) is 7.76. The first-order valence-corrected chi connectivity index (χ1v) is 17.9. The Bertz CT molecular complexity index is 2420. The maximum atomic E-state index is 6.65. The van der Waals surface area contributed by atoms with E-state index in [0.717, 1.165) is 46.5 Å². The number of quaternary nitrogens is 1. The number of aryl methyl sites for hydroxylation is 2. The Labute approximate surface area is 301 Å². The molecule has 1 N–H and O–H groups in total. The van der Waals surface area contributed by atoms with Crippen molar-refractivity contribution in [2.24, 2.45) is 0 Å². The number of para-hydroxylation sites is 1. The average molecular weight is 673 g/mol. The second-order valence-electron chi connectivity index (χ2n) is 16.0. The maximum Gasteiger partial charge on any atom is 0.200 e. The number of nitrogens with zero attached hydrogens (tertiary/aromatic N) is 4. The van der Waals surface area contributed by atoms with Crippen molar-refractivity contribution in [2.45, 2.75) is 66.2 Å². The quantitative estimate of drug-likeness (QED) is 0.198. The minimum atomic E-state index is 0.00811. The van der Waals surface area contributed by atoms with Crippen molar-refractivity contribution in [1.29, 1.82) is 0 Å². The van der Waals surface area contributed by atoms with Crippen LogP contribution in [0.2, 0.25) is 0 Å². The van der Waals surface area contributed by atoms with Gasteiger partial charge in [-0.2, -0.15) is 0 Å². The monoisotopic (exact) mass is 672 g/mol. The van der Waals surface area contributed by atoms with Crippen LogP contribution in [0.1, 0.15) is 63.8 Å². The van der Waals surface area contributed by atoms with E-state index in [1.807, 2.05) is 24.5 Å². The molecule has 256 valence electrons. The van der Waals surface area contributed by atoms with Gasteiger partial charge < -0.3 is 4.74 Å². The zero-order valence-corrected chi connectivity index (χ0v) is 30.9. The topological polar surface area (TPSA) is 47.6 Å². The van der Waals surface area contributed by atoms with Crippen LogP contribution in [0.25, 0.3) is 27.6 Å². The number of nitrogens with one attached hydrogen (secondary N) is 1. The van der Waals surface area contributed by atoms with Gasteiger partial charge in [-0.3, -0.25) is 9.47 Å². The molecule has 6 heteroatoms. The molecule has 0 spiro atoms. The molecule has 0 aliphatic carbocycles. The van der Waals surface area contributed by atoms with Gasteiger partial charge in [0.05, 0.1) is 16.7 Å². The Morgan fingerprint density at radius 3 is 2.12 bits per heavy atom. The largest absolute Gasteiger partial charge is 0.457 e. The summed E-state index contributed by atoms with van der Waals surface area (Å²) in [5, 5.41) is 2.35. The highest BCUT2D eigenvalue weighted by atomic mass is 16.5. The molecule has 0 fully saturated rings. The number of hydrogen-bond acceptors (Lipinski definition) is 4. The molecule has 4 aromatic carbocycles. The summed E-state index contributed by atoms with van der Waals surface area (Å²) < 4.78 is 8.90. The average Bonchev–Trinajstić information content (AvgIpc) is 3.63. The maximum absolute atomic E-state index is 6.65. The lowest BCUT2D eigenvalue weighted by Gasteiger charge is -2.24. The Hall–Kier alpha value is -5.46. The van der Waals surface area contributed by atoms with Crippen molar-refractivity contribution < 1.29 is 9.64 Å². The normalized spacial score (nSPS) is 14.7. The Morgan fingerprint density at radius 2 is 1.35 bits per heavy atom. The SMILES string of the molecule is Cc1cc(C(C)(C)C)cc(C)c1[NH+]1CN(c2cccc(Oc3ccc4c5ccccc5n(-c5cc(C(C)(C)C)ccn5)c4c3)c2)c2ncccc21.